The SMILES string of the molecule is Cc1ccc(CNc2cccc(OCC(C)C)c2)c(C)c1. The Bertz CT molecular complexity index is 590. The molecule has 2 rings (SSSR count). The third-order valence-corrected chi connectivity index (χ3v) is 3.40. The molecule has 112 valence electrons. The average Bonchev–Trinajstić information content (AvgIpc) is 2.45. The molecule has 0 aliphatic rings. The molecule has 0 unspecified atom stereocenters. The molecule has 0 spiro atoms. The van der Waals surface area contributed by atoms with E-state index in [9.17, 15) is 0 Å². The van der Waals surface area contributed by atoms with Crippen LogP contribution in [0.4, 0.5) is 5.69 Å². The summed E-state index contributed by atoms with van der Waals surface area (Å²) in [6, 6.07) is 14.7. The normalized spacial score (nSPS) is 10.7. The second-order valence-corrected chi connectivity index (χ2v) is 6.02. The first kappa shape index (κ1) is 15.4. The van der Waals surface area contributed by atoms with E-state index < -0.39 is 0 Å². The maximum absolute atomic E-state index is 5.76. The van der Waals surface area contributed by atoms with Crippen LogP contribution in [0.25, 0.3) is 0 Å². The van der Waals surface area contributed by atoms with Gasteiger partial charge < -0.3 is 10.1 Å². The lowest BCUT2D eigenvalue weighted by Gasteiger charge is -2.12. The van der Waals surface area contributed by atoms with Gasteiger partial charge in [0.05, 0.1) is 6.61 Å². The summed E-state index contributed by atoms with van der Waals surface area (Å²) < 4.78 is 5.76. The van der Waals surface area contributed by atoms with Gasteiger partial charge in [-0.25, -0.2) is 0 Å². The van der Waals surface area contributed by atoms with E-state index in [1.807, 2.05) is 12.1 Å². The number of rotatable bonds is 6. The van der Waals surface area contributed by atoms with Gasteiger partial charge in [0.15, 0.2) is 0 Å². The van der Waals surface area contributed by atoms with Gasteiger partial charge in [-0.05, 0) is 43.0 Å². The van der Waals surface area contributed by atoms with Crippen LogP contribution in [0.15, 0.2) is 42.5 Å². The van der Waals surface area contributed by atoms with Crippen LogP contribution in [-0.4, -0.2) is 6.61 Å². The van der Waals surface area contributed by atoms with E-state index in [2.05, 4.69) is 63.3 Å². The molecule has 0 fully saturated rings. The summed E-state index contributed by atoms with van der Waals surface area (Å²) in [5.74, 6) is 1.46. The molecule has 0 aromatic heterocycles. The predicted molar refractivity (Wildman–Crippen MR) is 90.0 cm³/mol. The molecule has 21 heavy (non-hydrogen) atoms. The Labute approximate surface area is 128 Å². The van der Waals surface area contributed by atoms with Crippen molar-refractivity contribution in [2.24, 2.45) is 5.92 Å². The molecular weight excluding hydrogens is 258 g/mol. The molecule has 0 saturated carbocycles. The van der Waals surface area contributed by atoms with Crippen molar-refractivity contribution in [2.75, 3.05) is 11.9 Å². The fourth-order valence-electron chi connectivity index (χ4n) is 2.20. The van der Waals surface area contributed by atoms with Gasteiger partial charge in [-0.1, -0.05) is 43.7 Å². The summed E-state index contributed by atoms with van der Waals surface area (Å²) >= 11 is 0. The Morgan fingerprint density at radius 3 is 2.57 bits per heavy atom. The quantitative estimate of drug-likeness (QED) is 0.810. The number of aryl methyl sites for hydroxylation is 2. The molecule has 0 saturated heterocycles. The minimum absolute atomic E-state index is 0.539. The monoisotopic (exact) mass is 283 g/mol. The molecule has 0 heterocycles. The fourth-order valence-corrected chi connectivity index (χ4v) is 2.20. The standard InChI is InChI=1S/C19H25NO/c1-14(2)13-21-19-7-5-6-18(11-19)20-12-17-9-8-15(3)10-16(17)4/h5-11,14,20H,12-13H2,1-4H3. The Morgan fingerprint density at radius 2 is 1.86 bits per heavy atom. The third kappa shape index (κ3) is 4.82. The summed E-state index contributed by atoms with van der Waals surface area (Å²) in [6.07, 6.45) is 0. The zero-order chi connectivity index (χ0) is 15.2. The van der Waals surface area contributed by atoms with Gasteiger partial charge in [-0.3, -0.25) is 0 Å². The van der Waals surface area contributed by atoms with E-state index in [-0.39, 0.29) is 0 Å². The molecule has 2 aromatic rings. The first-order valence-electron chi connectivity index (χ1n) is 7.57. The highest BCUT2D eigenvalue weighted by Gasteiger charge is 2.01. The molecule has 0 radical (unpaired) electrons. The van der Waals surface area contributed by atoms with Gasteiger partial charge in [0.2, 0.25) is 0 Å². The van der Waals surface area contributed by atoms with E-state index in [4.69, 9.17) is 4.74 Å². The zero-order valence-electron chi connectivity index (χ0n) is 13.4. The topological polar surface area (TPSA) is 21.3 Å². The number of anilines is 1. The van der Waals surface area contributed by atoms with Crippen molar-refractivity contribution in [3.8, 4) is 5.75 Å². The lowest BCUT2D eigenvalue weighted by atomic mass is 10.1. The van der Waals surface area contributed by atoms with E-state index in [0.717, 1.165) is 24.6 Å². The number of nitrogens with one attached hydrogen (secondary N) is 1. The lowest BCUT2D eigenvalue weighted by Crippen LogP contribution is -2.05. The maximum atomic E-state index is 5.76. The van der Waals surface area contributed by atoms with Crippen LogP contribution >= 0.6 is 0 Å². The summed E-state index contributed by atoms with van der Waals surface area (Å²) in [4.78, 5) is 0. The molecule has 2 heteroatoms. The molecule has 1 N–H and O–H groups in total. The second-order valence-electron chi connectivity index (χ2n) is 6.02. The van der Waals surface area contributed by atoms with Crippen LogP contribution in [0.5, 0.6) is 5.75 Å². The van der Waals surface area contributed by atoms with Gasteiger partial charge >= 0.3 is 0 Å². The van der Waals surface area contributed by atoms with Crippen LogP contribution in [0.1, 0.15) is 30.5 Å². The minimum atomic E-state index is 0.539. The fraction of sp³-hybridized carbons (Fsp3) is 0.368. The largest absolute Gasteiger partial charge is 0.493 e. The van der Waals surface area contributed by atoms with E-state index in [0.29, 0.717) is 5.92 Å². The van der Waals surface area contributed by atoms with E-state index in [1.165, 1.54) is 16.7 Å². The van der Waals surface area contributed by atoms with Gasteiger partial charge in [-0.15, -0.1) is 0 Å². The molecular formula is C19H25NO. The van der Waals surface area contributed by atoms with Gasteiger partial charge in [0, 0.05) is 18.3 Å². The highest BCUT2D eigenvalue weighted by Crippen LogP contribution is 2.19. The third-order valence-electron chi connectivity index (χ3n) is 3.40. The smallest absolute Gasteiger partial charge is 0.121 e. The van der Waals surface area contributed by atoms with Crippen molar-refractivity contribution in [2.45, 2.75) is 34.2 Å². The first-order chi connectivity index (χ1) is 10.0. The lowest BCUT2D eigenvalue weighted by molar-refractivity contribution is 0.271. The molecule has 0 bridgehead atoms. The van der Waals surface area contributed by atoms with Gasteiger partial charge in [-0.2, -0.15) is 0 Å². The molecule has 0 amide bonds. The Balaban J connectivity index is 1.98. The summed E-state index contributed by atoms with van der Waals surface area (Å²) in [5, 5.41) is 3.47. The number of hydrogen-bond donors (Lipinski definition) is 1. The van der Waals surface area contributed by atoms with Crippen molar-refractivity contribution in [1.29, 1.82) is 0 Å². The maximum Gasteiger partial charge on any atom is 0.121 e. The number of benzene rings is 2. The van der Waals surface area contributed by atoms with Crippen LogP contribution in [0.2, 0.25) is 0 Å². The predicted octanol–water partition coefficient (Wildman–Crippen LogP) is 4.95. The van der Waals surface area contributed by atoms with Crippen molar-refractivity contribution in [1.82, 2.24) is 0 Å². The van der Waals surface area contributed by atoms with Crippen molar-refractivity contribution in [3.63, 3.8) is 0 Å². The summed E-state index contributed by atoms with van der Waals surface area (Å²) in [7, 11) is 0. The van der Waals surface area contributed by atoms with Crippen LogP contribution in [0.3, 0.4) is 0 Å². The second kappa shape index (κ2) is 7.16. The van der Waals surface area contributed by atoms with Crippen molar-refractivity contribution >= 4 is 5.69 Å². The Hall–Kier alpha value is -1.96. The van der Waals surface area contributed by atoms with Crippen molar-refractivity contribution in [3.05, 3.63) is 59.2 Å². The molecule has 2 aromatic carbocycles. The highest BCUT2D eigenvalue weighted by molar-refractivity contribution is 5.49. The Morgan fingerprint density at radius 1 is 1.05 bits per heavy atom. The van der Waals surface area contributed by atoms with E-state index in [1.54, 1.807) is 0 Å². The van der Waals surface area contributed by atoms with Crippen molar-refractivity contribution < 1.29 is 4.74 Å². The van der Waals surface area contributed by atoms with Crippen LogP contribution in [0, 0.1) is 19.8 Å². The summed E-state index contributed by atoms with van der Waals surface area (Å²) in [5.41, 5.74) is 5.06. The molecule has 2 nitrogen and oxygen atoms in total. The van der Waals surface area contributed by atoms with E-state index >= 15 is 0 Å². The number of ether oxygens (including phenoxy) is 1. The molecule has 0 aliphatic carbocycles. The summed E-state index contributed by atoms with van der Waals surface area (Å²) in [6.45, 7) is 10.2. The van der Waals surface area contributed by atoms with Crippen LogP contribution in [-0.2, 0) is 6.54 Å². The van der Waals surface area contributed by atoms with Gasteiger partial charge in [0.25, 0.3) is 0 Å². The van der Waals surface area contributed by atoms with Gasteiger partial charge in [0.1, 0.15) is 5.75 Å². The molecule has 0 atom stereocenters. The average molecular weight is 283 g/mol. The molecule has 0 aliphatic heterocycles. The highest BCUT2D eigenvalue weighted by atomic mass is 16.5. The minimum Gasteiger partial charge on any atom is -0.493 e. The number of hydrogen-bond acceptors (Lipinski definition) is 2. The Kier molecular flexibility index (Phi) is 5.26. The van der Waals surface area contributed by atoms with Crippen LogP contribution < -0.4 is 10.1 Å². The zero-order valence-corrected chi connectivity index (χ0v) is 13.4. The first-order valence-corrected chi connectivity index (χ1v) is 7.57.